The molecule has 0 bridgehead atoms. The average molecular weight is 110 g/mol. The van der Waals surface area contributed by atoms with Crippen LogP contribution in [0.1, 0.15) is 0 Å². The number of hydrogen-bond donors (Lipinski definition) is 0. The Bertz CT molecular complexity index is 23.0. The molecule has 1 saturated heterocycles. The molecule has 0 unspecified atom stereocenters. The van der Waals surface area contributed by atoms with Crippen LogP contribution in [0, 0.1) is 0 Å². The average Bonchev–Trinajstić information content (AvgIpc) is 1.72. The van der Waals surface area contributed by atoms with Crippen molar-refractivity contribution in [3.8, 4) is 0 Å². The van der Waals surface area contributed by atoms with Crippen molar-refractivity contribution in [3.05, 3.63) is 0 Å². The second-order valence-corrected chi connectivity index (χ2v) is 1.17. The lowest BCUT2D eigenvalue weighted by Crippen LogP contribution is -2.00. The molecule has 6 heavy (non-hydrogen) atoms. The van der Waals surface area contributed by atoms with Gasteiger partial charge in [0.25, 0.3) is 0 Å². The van der Waals surface area contributed by atoms with Crippen LogP contribution in [0.3, 0.4) is 0 Å². The van der Waals surface area contributed by atoms with E-state index in [0.717, 1.165) is 12.0 Å². The van der Waals surface area contributed by atoms with Crippen LogP contribution in [0.25, 0.3) is 0 Å². The molecule has 1 aliphatic heterocycles. The predicted molar refractivity (Wildman–Crippen MR) is 16.8 cm³/mol. The second-order valence-electron chi connectivity index (χ2n) is 0.558. The summed E-state index contributed by atoms with van der Waals surface area (Å²) >= 11 is 1.03. The molecule has 0 amide bonds. The Hall–Kier alpha value is 0.190. The van der Waals surface area contributed by atoms with Crippen LogP contribution >= 0.6 is 12.0 Å². The Morgan fingerprint density at radius 1 is 1.33 bits per heavy atom. The van der Waals surface area contributed by atoms with Gasteiger partial charge in [0.1, 0.15) is 0 Å². The summed E-state index contributed by atoms with van der Waals surface area (Å²) in [5, 5.41) is 7.64. The molecular weight excluding hydrogens is 108 g/mol. The maximum absolute atomic E-state index is 4.19. The molecule has 5 heteroatoms. The van der Waals surface area contributed by atoms with Gasteiger partial charge >= 0.3 is 0 Å². The van der Waals surface area contributed by atoms with Crippen molar-refractivity contribution >= 4 is 12.0 Å². The molecule has 1 heterocycles. The number of hydrogen-bond acceptors (Lipinski definition) is 5. The lowest BCUT2D eigenvalue weighted by Gasteiger charge is -2.03. The van der Waals surface area contributed by atoms with Gasteiger partial charge in [-0.3, -0.25) is 0 Å². The van der Waals surface area contributed by atoms with Crippen LogP contribution in [-0.4, -0.2) is 5.94 Å². The van der Waals surface area contributed by atoms with Gasteiger partial charge in [-0.2, -0.15) is 4.89 Å². The first-order chi connectivity index (χ1) is 3.00. The summed E-state index contributed by atoms with van der Waals surface area (Å²) in [5.41, 5.74) is 0. The highest BCUT2D eigenvalue weighted by Crippen LogP contribution is 2.08. The summed E-state index contributed by atoms with van der Waals surface area (Å²) in [7, 11) is 0. The molecule has 0 saturated carbocycles. The highest BCUT2D eigenvalue weighted by Gasteiger charge is 1.99. The third-order valence-corrected chi connectivity index (χ3v) is 0.592. The van der Waals surface area contributed by atoms with E-state index in [1.807, 2.05) is 0 Å². The smallest absolute Gasteiger partial charge is 0.160 e. The van der Waals surface area contributed by atoms with Crippen molar-refractivity contribution in [1.82, 2.24) is 0 Å². The van der Waals surface area contributed by atoms with E-state index < -0.39 is 0 Å². The van der Waals surface area contributed by atoms with Crippen molar-refractivity contribution in [3.63, 3.8) is 0 Å². The lowest BCUT2D eigenvalue weighted by atomic mass is 11.7. The molecule has 0 aromatic carbocycles. The fraction of sp³-hybridized carbons (Fsp3) is 1.00. The molecule has 0 N–H and O–H groups in total. The van der Waals surface area contributed by atoms with Gasteiger partial charge in [-0.25, -0.2) is 0 Å². The van der Waals surface area contributed by atoms with Gasteiger partial charge in [0.05, 0.1) is 12.0 Å². The van der Waals surface area contributed by atoms with E-state index >= 15 is 0 Å². The molecule has 1 aliphatic rings. The third kappa shape index (κ3) is 1.11. The molecule has 0 radical (unpaired) electrons. The maximum Gasteiger partial charge on any atom is 0.160 e. The highest BCUT2D eigenvalue weighted by atomic mass is 32.2. The SMILES string of the molecule is C1OOOOS1. The molecule has 0 spiro atoms. The topological polar surface area (TPSA) is 36.9 Å². The van der Waals surface area contributed by atoms with E-state index in [9.17, 15) is 0 Å². The van der Waals surface area contributed by atoms with Crippen molar-refractivity contribution in [2.45, 2.75) is 0 Å². The zero-order valence-electron chi connectivity index (χ0n) is 2.75. The summed E-state index contributed by atoms with van der Waals surface area (Å²) < 4.78 is 4.14. The molecule has 1 rings (SSSR count). The van der Waals surface area contributed by atoms with Crippen LogP contribution in [-0.2, 0) is 19.3 Å². The Kier molecular flexibility index (Phi) is 1.72. The van der Waals surface area contributed by atoms with Gasteiger partial charge < -0.3 is 0 Å². The van der Waals surface area contributed by atoms with Crippen LogP contribution in [0.15, 0.2) is 0 Å². The zero-order valence-corrected chi connectivity index (χ0v) is 3.56. The van der Waals surface area contributed by atoms with Crippen molar-refractivity contribution < 1.29 is 19.3 Å². The molecule has 0 aromatic rings. The first kappa shape index (κ1) is 4.35. The quantitative estimate of drug-likeness (QED) is 0.333. The Morgan fingerprint density at radius 3 is 2.50 bits per heavy atom. The van der Waals surface area contributed by atoms with Gasteiger partial charge in [-0.05, 0) is 10.1 Å². The van der Waals surface area contributed by atoms with E-state index in [1.165, 1.54) is 0 Å². The molecule has 0 atom stereocenters. The summed E-state index contributed by atoms with van der Waals surface area (Å²) in [6, 6.07) is 0. The van der Waals surface area contributed by atoms with Gasteiger partial charge in [0.2, 0.25) is 0 Å². The highest BCUT2D eigenvalue weighted by molar-refractivity contribution is 7.94. The normalized spacial score (nSPS) is 24.0. The minimum Gasteiger partial charge on any atom is -0.190 e. The van der Waals surface area contributed by atoms with Crippen molar-refractivity contribution in [2.24, 2.45) is 0 Å². The number of rotatable bonds is 0. The van der Waals surface area contributed by atoms with Crippen LogP contribution in [0.4, 0.5) is 0 Å². The molecule has 0 aromatic heterocycles. The van der Waals surface area contributed by atoms with E-state index in [1.54, 1.807) is 0 Å². The van der Waals surface area contributed by atoms with Gasteiger partial charge in [0.15, 0.2) is 5.94 Å². The summed E-state index contributed by atoms with van der Waals surface area (Å²) in [6.45, 7) is 0. The van der Waals surface area contributed by atoms with Crippen molar-refractivity contribution in [1.29, 1.82) is 0 Å². The lowest BCUT2D eigenvalue weighted by molar-refractivity contribution is -0.611. The summed E-state index contributed by atoms with van der Waals surface area (Å²) in [4.78, 5) is 4.19. The minimum atomic E-state index is 0.347. The standard InChI is InChI=1S/CH2O4S/c1-2-3-4-5-6-1/h1H2. The van der Waals surface area contributed by atoms with Crippen LogP contribution in [0.5, 0.6) is 0 Å². The summed E-state index contributed by atoms with van der Waals surface area (Å²) in [6.07, 6.45) is 0. The first-order valence-corrected chi connectivity index (χ1v) is 2.15. The second kappa shape index (κ2) is 2.38. The molecule has 0 aliphatic carbocycles. The van der Waals surface area contributed by atoms with Crippen LogP contribution < -0.4 is 0 Å². The van der Waals surface area contributed by atoms with Crippen molar-refractivity contribution in [2.75, 3.05) is 5.94 Å². The van der Waals surface area contributed by atoms with E-state index in [-0.39, 0.29) is 0 Å². The monoisotopic (exact) mass is 110 g/mol. The van der Waals surface area contributed by atoms with E-state index in [2.05, 4.69) is 19.3 Å². The molecule has 36 valence electrons. The zero-order chi connectivity index (χ0) is 4.24. The predicted octanol–water partition coefficient (Wildman–Crippen LogP) is 0.417. The minimum absolute atomic E-state index is 0.347. The first-order valence-electron chi connectivity index (χ1n) is 1.24. The summed E-state index contributed by atoms with van der Waals surface area (Å²) in [5.74, 6) is 0.347. The van der Waals surface area contributed by atoms with Gasteiger partial charge in [-0.1, -0.05) is 0 Å². The van der Waals surface area contributed by atoms with Gasteiger partial charge in [-0.15, -0.1) is 4.33 Å². The van der Waals surface area contributed by atoms with E-state index in [0.29, 0.717) is 5.94 Å². The van der Waals surface area contributed by atoms with Crippen LogP contribution in [0.2, 0.25) is 0 Å². The molecular formula is CH2O4S. The fourth-order valence-electron chi connectivity index (χ4n) is 0.110. The molecule has 4 nitrogen and oxygen atoms in total. The Labute approximate surface area is 38.3 Å². The van der Waals surface area contributed by atoms with E-state index in [4.69, 9.17) is 0 Å². The largest absolute Gasteiger partial charge is 0.190 e. The van der Waals surface area contributed by atoms with Gasteiger partial charge in [0, 0.05) is 0 Å². The molecule has 1 fully saturated rings. The maximum atomic E-state index is 4.19. The third-order valence-electron chi connectivity index (χ3n) is 0.248. The fourth-order valence-corrected chi connectivity index (χ4v) is 0.289. The Balaban J connectivity index is 2.00. The Morgan fingerprint density at radius 2 is 2.33 bits per heavy atom.